The first kappa shape index (κ1) is 18.6. The number of imide groups is 1. The smallest absolute Gasteiger partial charge is 0.329 e. The van der Waals surface area contributed by atoms with Crippen LogP contribution in [0.4, 0.5) is 0 Å². The Labute approximate surface area is 157 Å². The van der Waals surface area contributed by atoms with E-state index in [1.165, 1.54) is 6.92 Å². The third-order valence-corrected chi connectivity index (χ3v) is 4.54. The predicted octanol–water partition coefficient (Wildman–Crippen LogP) is 2.91. The largest absolute Gasteiger partial charge is 0.489 e. The normalized spacial score (nSPS) is 14.1. The molecule has 140 valence electrons. The van der Waals surface area contributed by atoms with Crippen molar-refractivity contribution >= 4 is 17.8 Å². The Morgan fingerprint density at radius 3 is 2.04 bits per heavy atom. The molecule has 2 aromatic rings. The summed E-state index contributed by atoms with van der Waals surface area (Å²) in [5.74, 6) is -0.838. The molecule has 0 saturated heterocycles. The second-order valence-corrected chi connectivity index (χ2v) is 6.44. The monoisotopic (exact) mass is 367 g/mol. The number of para-hydroxylation sites is 1. The van der Waals surface area contributed by atoms with E-state index in [4.69, 9.17) is 9.47 Å². The Morgan fingerprint density at radius 2 is 1.48 bits per heavy atom. The fourth-order valence-corrected chi connectivity index (χ4v) is 3.10. The van der Waals surface area contributed by atoms with Crippen molar-refractivity contribution in [2.75, 3.05) is 13.2 Å². The highest BCUT2D eigenvalue weighted by Gasteiger charge is 2.41. The first-order valence-electron chi connectivity index (χ1n) is 8.74. The maximum absolute atomic E-state index is 12.4. The number of aryl methyl sites for hydroxylation is 2. The van der Waals surface area contributed by atoms with Crippen molar-refractivity contribution in [1.82, 2.24) is 4.90 Å². The van der Waals surface area contributed by atoms with Crippen LogP contribution >= 0.6 is 0 Å². The molecule has 0 bridgehead atoms. The number of amides is 2. The standard InChI is InChI=1S/C21H21NO5/c1-13-7-6-8-14(2)18(13)26-11-12-27-21(25)15(3)22-19(23)16-9-4-5-10-17(16)20(22)24/h4-10,15H,11-12H2,1-3H3. The highest BCUT2D eigenvalue weighted by molar-refractivity contribution is 6.22. The van der Waals surface area contributed by atoms with Crippen molar-refractivity contribution < 1.29 is 23.9 Å². The summed E-state index contributed by atoms with van der Waals surface area (Å²) in [6, 6.07) is 11.3. The Bertz CT molecular complexity index is 850. The average Bonchev–Trinajstić information content (AvgIpc) is 2.91. The first-order valence-corrected chi connectivity index (χ1v) is 8.74. The predicted molar refractivity (Wildman–Crippen MR) is 98.8 cm³/mol. The minimum absolute atomic E-state index is 0.0279. The lowest BCUT2D eigenvalue weighted by Crippen LogP contribution is -2.44. The van der Waals surface area contributed by atoms with E-state index in [1.54, 1.807) is 24.3 Å². The minimum Gasteiger partial charge on any atom is -0.489 e. The summed E-state index contributed by atoms with van der Waals surface area (Å²) in [5, 5.41) is 0. The molecule has 1 unspecified atom stereocenters. The Kier molecular flexibility index (Phi) is 5.26. The zero-order chi connectivity index (χ0) is 19.6. The van der Waals surface area contributed by atoms with Gasteiger partial charge in [0, 0.05) is 0 Å². The zero-order valence-corrected chi connectivity index (χ0v) is 15.5. The van der Waals surface area contributed by atoms with Crippen LogP contribution in [0.3, 0.4) is 0 Å². The van der Waals surface area contributed by atoms with Crippen LogP contribution in [-0.4, -0.2) is 41.9 Å². The molecule has 0 fully saturated rings. The topological polar surface area (TPSA) is 72.9 Å². The number of esters is 1. The van der Waals surface area contributed by atoms with Crippen LogP contribution in [0.1, 0.15) is 38.8 Å². The number of benzene rings is 2. The van der Waals surface area contributed by atoms with Crippen molar-refractivity contribution in [3.63, 3.8) is 0 Å². The van der Waals surface area contributed by atoms with Crippen molar-refractivity contribution in [2.45, 2.75) is 26.8 Å². The van der Waals surface area contributed by atoms with Gasteiger partial charge < -0.3 is 9.47 Å². The highest BCUT2D eigenvalue weighted by atomic mass is 16.6. The van der Waals surface area contributed by atoms with E-state index in [-0.39, 0.29) is 13.2 Å². The van der Waals surface area contributed by atoms with Gasteiger partial charge in [-0.2, -0.15) is 0 Å². The molecule has 6 heteroatoms. The quantitative estimate of drug-likeness (QED) is 0.446. The van der Waals surface area contributed by atoms with Gasteiger partial charge in [0.05, 0.1) is 11.1 Å². The molecular formula is C21H21NO5. The molecule has 0 N–H and O–H groups in total. The summed E-state index contributed by atoms with van der Waals surface area (Å²) in [5.41, 5.74) is 2.61. The van der Waals surface area contributed by atoms with Gasteiger partial charge in [0.2, 0.25) is 0 Å². The van der Waals surface area contributed by atoms with Gasteiger partial charge in [-0.25, -0.2) is 4.79 Å². The van der Waals surface area contributed by atoms with Crippen LogP contribution in [0.2, 0.25) is 0 Å². The van der Waals surface area contributed by atoms with E-state index in [2.05, 4.69) is 0 Å². The number of carbonyl (C=O) groups excluding carboxylic acids is 3. The van der Waals surface area contributed by atoms with Gasteiger partial charge in [-0.15, -0.1) is 0 Å². The molecule has 0 radical (unpaired) electrons. The molecule has 27 heavy (non-hydrogen) atoms. The third-order valence-electron chi connectivity index (χ3n) is 4.54. The molecule has 3 rings (SSSR count). The first-order chi connectivity index (χ1) is 12.9. The molecule has 0 spiro atoms. The van der Waals surface area contributed by atoms with Crippen LogP contribution in [0.25, 0.3) is 0 Å². The van der Waals surface area contributed by atoms with E-state index in [9.17, 15) is 14.4 Å². The van der Waals surface area contributed by atoms with E-state index in [1.807, 2.05) is 32.0 Å². The third kappa shape index (κ3) is 3.56. The Balaban J connectivity index is 1.56. The van der Waals surface area contributed by atoms with Crippen LogP contribution in [0, 0.1) is 13.8 Å². The highest BCUT2D eigenvalue weighted by Crippen LogP contribution is 2.25. The number of hydrogen-bond acceptors (Lipinski definition) is 5. The maximum atomic E-state index is 12.4. The van der Waals surface area contributed by atoms with Crippen LogP contribution in [-0.2, 0) is 9.53 Å². The Morgan fingerprint density at radius 1 is 0.926 bits per heavy atom. The molecule has 1 heterocycles. The molecule has 1 aliphatic rings. The second kappa shape index (κ2) is 7.61. The van der Waals surface area contributed by atoms with Gasteiger partial charge in [-0.3, -0.25) is 14.5 Å². The number of hydrogen-bond donors (Lipinski definition) is 0. The van der Waals surface area contributed by atoms with Crippen molar-refractivity contribution in [3.8, 4) is 5.75 Å². The molecular weight excluding hydrogens is 346 g/mol. The van der Waals surface area contributed by atoms with Gasteiger partial charge in [-0.1, -0.05) is 30.3 Å². The van der Waals surface area contributed by atoms with Crippen LogP contribution in [0.5, 0.6) is 5.75 Å². The Hall–Kier alpha value is -3.15. The van der Waals surface area contributed by atoms with Gasteiger partial charge in [0.15, 0.2) is 0 Å². The summed E-state index contributed by atoms with van der Waals surface area (Å²) in [6.07, 6.45) is 0. The number of ether oxygens (including phenoxy) is 2. The number of fused-ring (bicyclic) bond motifs is 1. The van der Waals surface area contributed by atoms with E-state index >= 15 is 0 Å². The van der Waals surface area contributed by atoms with Crippen LogP contribution < -0.4 is 4.74 Å². The van der Waals surface area contributed by atoms with Crippen molar-refractivity contribution in [2.24, 2.45) is 0 Å². The maximum Gasteiger partial charge on any atom is 0.329 e. The van der Waals surface area contributed by atoms with Gasteiger partial charge >= 0.3 is 5.97 Å². The zero-order valence-electron chi connectivity index (χ0n) is 15.5. The second-order valence-electron chi connectivity index (χ2n) is 6.44. The summed E-state index contributed by atoms with van der Waals surface area (Å²) < 4.78 is 10.9. The molecule has 0 aromatic heterocycles. The fraction of sp³-hybridized carbons (Fsp3) is 0.286. The van der Waals surface area contributed by atoms with Crippen molar-refractivity contribution in [1.29, 1.82) is 0 Å². The molecule has 0 aliphatic carbocycles. The lowest BCUT2D eigenvalue weighted by atomic mass is 10.1. The fourth-order valence-electron chi connectivity index (χ4n) is 3.10. The SMILES string of the molecule is Cc1cccc(C)c1OCCOC(=O)C(C)N1C(=O)c2ccccc2C1=O. The van der Waals surface area contributed by atoms with Crippen LogP contribution in [0.15, 0.2) is 42.5 Å². The summed E-state index contributed by atoms with van der Waals surface area (Å²) in [6.45, 7) is 5.58. The summed E-state index contributed by atoms with van der Waals surface area (Å²) >= 11 is 0. The lowest BCUT2D eigenvalue weighted by Gasteiger charge is -2.21. The summed E-state index contributed by atoms with van der Waals surface area (Å²) in [4.78, 5) is 38.1. The number of rotatable bonds is 6. The summed E-state index contributed by atoms with van der Waals surface area (Å²) in [7, 11) is 0. The number of carbonyl (C=O) groups is 3. The van der Waals surface area contributed by atoms with E-state index < -0.39 is 23.8 Å². The van der Waals surface area contributed by atoms with E-state index in [0.29, 0.717) is 11.1 Å². The average molecular weight is 367 g/mol. The van der Waals surface area contributed by atoms with Gasteiger partial charge in [-0.05, 0) is 44.0 Å². The van der Waals surface area contributed by atoms with Crippen molar-refractivity contribution in [3.05, 3.63) is 64.7 Å². The molecule has 2 aromatic carbocycles. The number of nitrogens with zero attached hydrogens (tertiary/aromatic N) is 1. The van der Waals surface area contributed by atoms with Gasteiger partial charge in [0.25, 0.3) is 11.8 Å². The van der Waals surface area contributed by atoms with E-state index in [0.717, 1.165) is 21.8 Å². The lowest BCUT2D eigenvalue weighted by molar-refractivity contribution is -0.148. The molecule has 0 saturated carbocycles. The molecule has 1 atom stereocenters. The molecule has 1 aliphatic heterocycles. The van der Waals surface area contributed by atoms with Gasteiger partial charge in [0.1, 0.15) is 25.0 Å². The molecule has 2 amide bonds. The molecule has 6 nitrogen and oxygen atoms in total. The minimum atomic E-state index is -1.00.